The van der Waals surface area contributed by atoms with Gasteiger partial charge in [-0.05, 0) is 48.6 Å². The van der Waals surface area contributed by atoms with Crippen LogP contribution in [-0.2, 0) is 10.0 Å². The van der Waals surface area contributed by atoms with E-state index < -0.39 is 15.9 Å². The van der Waals surface area contributed by atoms with E-state index in [1.54, 1.807) is 24.3 Å². The summed E-state index contributed by atoms with van der Waals surface area (Å²) in [5.41, 5.74) is 3.49. The van der Waals surface area contributed by atoms with Crippen molar-refractivity contribution in [1.29, 1.82) is 0 Å². The number of nitrogens with one attached hydrogen (secondary N) is 2. The first-order valence-corrected chi connectivity index (χ1v) is 9.88. The molecule has 6 nitrogen and oxygen atoms in total. The van der Waals surface area contributed by atoms with Crippen LogP contribution in [0.25, 0.3) is 0 Å². The van der Waals surface area contributed by atoms with Crippen molar-refractivity contribution in [3.05, 3.63) is 59.9 Å². The molecule has 1 aromatic heterocycles. The normalized spacial score (nSPS) is 15.7. The van der Waals surface area contributed by atoms with Crippen molar-refractivity contribution >= 4 is 15.9 Å². The van der Waals surface area contributed by atoms with E-state index in [2.05, 4.69) is 15.2 Å². The number of pyridine rings is 1. The Balaban J connectivity index is 1.64. The summed E-state index contributed by atoms with van der Waals surface area (Å²) in [6.45, 7) is 0. The van der Waals surface area contributed by atoms with Crippen LogP contribution >= 0.6 is 0 Å². The first-order valence-electron chi connectivity index (χ1n) is 8.39. The van der Waals surface area contributed by atoms with Gasteiger partial charge in [-0.15, -0.1) is 4.83 Å². The minimum Gasteiger partial charge on any atom is -0.272 e. The first kappa shape index (κ1) is 17.6. The van der Waals surface area contributed by atoms with Crippen LogP contribution in [0.1, 0.15) is 54.1 Å². The van der Waals surface area contributed by atoms with Gasteiger partial charge in [-0.25, -0.2) is 8.42 Å². The Morgan fingerprint density at radius 1 is 1.00 bits per heavy atom. The van der Waals surface area contributed by atoms with Crippen LogP contribution in [0.5, 0.6) is 0 Å². The molecule has 0 radical (unpaired) electrons. The number of nitrogens with zero attached hydrogens (tertiary/aromatic N) is 1. The number of carbonyl (C=O) groups is 1. The summed E-state index contributed by atoms with van der Waals surface area (Å²) < 4.78 is 24.6. The lowest BCUT2D eigenvalue weighted by Gasteiger charge is -2.22. The van der Waals surface area contributed by atoms with Crippen molar-refractivity contribution in [2.24, 2.45) is 0 Å². The minimum atomic E-state index is -3.82. The molecule has 132 valence electrons. The van der Waals surface area contributed by atoms with E-state index in [1.165, 1.54) is 37.1 Å². The molecule has 25 heavy (non-hydrogen) atoms. The van der Waals surface area contributed by atoms with E-state index in [1.807, 2.05) is 12.1 Å². The van der Waals surface area contributed by atoms with Gasteiger partial charge in [0.25, 0.3) is 15.9 Å². The number of carbonyl (C=O) groups excluding carboxylic acids is 1. The highest BCUT2D eigenvalue weighted by Gasteiger charge is 2.19. The SMILES string of the molecule is O=C(NNS(=O)(=O)c1ccc(C2CCCCC2)cc1)c1ccccn1. The molecule has 0 saturated heterocycles. The van der Waals surface area contributed by atoms with E-state index in [4.69, 9.17) is 0 Å². The molecule has 0 atom stereocenters. The van der Waals surface area contributed by atoms with Crippen molar-refractivity contribution in [2.75, 3.05) is 0 Å². The van der Waals surface area contributed by atoms with Gasteiger partial charge < -0.3 is 0 Å². The van der Waals surface area contributed by atoms with Gasteiger partial charge in [0, 0.05) is 6.20 Å². The molecule has 7 heteroatoms. The number of benzene rings is 1. The van der Waals surface area contributed by atoms with Crippen LogP contribution < -0.4 is 10.3 Å². The maximum atomic E-state index is 12.3. The van der Waals surface area contributed by atoms with Crippen molar-refractivity contribution < 1.29 is 13.2 Å². The number of sulfonamides is 1. The summed E-state index contributed by atoms with van der Waals surface area (Å²) in [5.74, 6) is -0.0923. The number of rotatable bonds is 5. The summed E-state index contributed by atoms with van der Waals surface area (Å²) >= 11 is 0. The molecule has 1 aliphatic carbocycles. The molecule has 3 rings (SSSR count). The van der Waals surface area contributed by atoms with Crippen LogP contribution in [0.15, 0.2) is 53.6 Å². The third-order valence-corrected chi connectivity index (χ3v) is 5.73. The molecule has 2 aromatic rings. The van der Waals surface area contributed by atoms with E-state index in [0.29, 0.717) is 5.92 Å². The second-order valence-corrected chi connectivity index (χ2v) is 7.86. The third-order valence-electron chi connectivity index (χ3n) is 4.46. The van der Waals surface area contributed by atoms with Crippen molar-refractivity contribution in [2.45, 2.75) is 42.9 Å². The number of aromatic nitrogens is 1. The highest BCUT2D eigenvalue weighted by atomic mass is 32.2. The average molecular weight is 359 g/mol. The lowest BCUT2D eigenvalue weighted by molar-refractivity contribution is 0.0940. The van der Waals surface area contributed by atoms with Crippen LogP contribution in [0.3, 0.4) is 0 Å². The van der Waals surface area contributed by atoms with Crippen molar-refractivity contribution in [3.63, 3.8) is 0 Å². The van der Waals surface area contributed by atoms with E-state index in [0.717, 1.165) is 12.8 Å². The van der Waals surface area contributed by atoms with Crippen LogP contribution in [0.4, 0.5) is 0 Å². The molecule has 0 aliphatic heterocycles. The van der Waals surface area contributed by atoms with Crippen molar-refractivity contribution in [1.82, 2.24) is 15.2 Å². The average Bonchev–Trinajstić information content (AvgIpc) is 2.68. The minimum absolute atomic E-state index is 0.119. The van der Waals surface area contributed by atoms with Gasteiger partial charge in [0.1, 0.15) is 5.69 Å². The maximum Gasteiger partial charge on any atom is 0.284 e. The van der Waals surface area contributed by atoms with Gasteiger partial charge in [0.2, 0.25) is 0 Å². The van der Waals surface area contributed by atoms with Gasteiger partial charge >= 0.3 is 0 Å². The summed E-state index contributed by atoms with van der Waals surface area (Å²) in [5, 5.41) is 0. The number of hydrogen-bond acceptors (Lipinski definition) is 4. The Kier molecular flexibility index (Phi) is 5.45. The van der Waals surface area contributed by atoms with Crippen LogP contribution in [0.2, 0.25) is 0 Å². The Hall–Kier alpha value is -2.25. The van der Waals surface area contributed by atoms with E-state index in [9.17, 15) is 13.2 Å². The summed E-state index contributed by atoms with van der Waals surface area (Å²) in [7, 11) is -3.82. The summed E-state index contributed by atoms with van der Waals surface area (Å²) in [6, 6.07) is 11.7. The molecule has 1 fully saturated rings. The fourth-order valence-electron chi connectivity index (χ4n) is 3.09. The standard InChI is InChI=1S/C18H21N3O3S/c22-18(17-8-4-5-13-19-17)20-21-25(23,24)16-11-9-15(10-12-16)14-6-2-1-3-7-14/h4-5,8-14,21H,1-3,6-7H2,(H,20,22). The van der Waals surface area contributed by atoms with Crippen LogP contribution in [-0.4, -0.2) is 19.3 Å². The molecule has 1 saturated carbocycles. The van der Waals surface area contributed by atoms with Crippen molar-refractivity contribution in [3.8, 4) is 0 Å². The predicted octanol–water partition coefficient (Wildman–Crippen LogP) is 2.75. The van der Waals surface area contributed by atoms with Gasteiger partial charge in [-0.2, -0.15) is 0 Å². The Morgan fingerprint density at radius 2 is 1.72 bits per heavy atom. The Bertz CT molecular complexity index is 814. The highest BCUT2D eigenvalue weighted by Crippen LogP contribution is 2.32. The van der Waals surface area contributed by atoms with Gasteiger partial charge in [-0.3, -0.25) is 15.2 Å². The third kappa shape index (κ3) is 4.43. The largest absolute Gasteiger partial charge is 0.284 e. The molecule has 1 heterocycles. The molecule has 0 bridgehead atoms. The van der Waals surface area contributed by atoms with Gasteiger partial charge in [-0.1, -0.05) is 37.5 Å². The summed E-state index contributed by atoms with van der Waals surface area (Å²) in [4.78, 5) is 18.0. The molecular formula is C18H21N3O3S. The number of hydrazine groups is 1. The second kappa shape index (κ2) is 7.76. The topological polar surface area (TPSA) is 88.2 Å². The molecule has 0 spiro atoms. The summed E-state index contributed by atoms with van der Waals surface area (Å²) in [6.07, 6.45) is 7.52. The zero-order chi connectivity index (χ0) is 17.7. The van der Waals surface area contributed by atoms with Gasteiger partial charge in [0.15, 0.2) is 0 Å². The molecule has 1 aliphatic rings. The number of amides is 1. The Morgan fingerprint density at radius 3 is 2.36 bits per heavy atom. The molecule has 1 amide bonds. The maximum absolute atomic E-state index is 12.3. The second-order valence-electron chi connectivity index (χ2n) is 6.18. The lowest BCUT2D eigenvalue weighted by Crippen LogP contribution is -2.41. The zero-order valence-corrected chi connectivity index (χ0v) is 14.6. The Labute approximate surface area is 147 Å². The fraction of sp³-hybridized carbons (Fsp3) is 0.333. The highest BCUT2D eigenvalue weighted by molar-refractivity contribution is 7.89. The molecule has 0 unspecified atom stereocenters. The van der Waals surface area contributed by atoms with Crippen LogP contribution in [0, 0.1) is 0 Å². The fourth-order valence-corrected chi connectivity index (χ4v) is 3.93. The molecule has 2 N–H and O–H groups in total. The molecule has 1 aromatic carbocycles. The first-order chi connectivity index (χ1) is 12.1. The van der Waals surface area contributed by atoms with E-state index in [-0.39, 0.29) is 10.6 Å². The monoisotopic (exact) mass is 359 g/mol. The van der Waals surface area contributed by atoms with Gasteiger partial charge in [0.05, 0.1) is 4.90 Å². The van der Waals surface area contributed by atoms with E-state index >= 15 is 0 Å². The zero-order valence-electron chi connectivity index (χ0n) is 13.8. The number of hydrogen-bond donors (Lipinski definition) is 2. The smallest absolute Gasteiger partial charge is 0.272 e. The quantitative estimate of drug-likeness (QED) is 0.804. The molecular weight excluding hydrogens is 338 g/mol. The predicted molar refractivity (Wildman–Crippen MR) is 94.3 cm³/mol. The lowest BCUT2D eigenvalue weighted by atomic mass is 9.84.